The number of halogens is 1. The number of nitrogens with one attached hydrogen (secondary N) is 1. The molecular weight excluding hydrogens is 264 g/mol. The molecule has 0 unspecified atom stereocenters. The smallest absolute Gasteiger partial charge is 0.0603 e. The minimum absolute atomic E-state index is 0.00310. The molecule has 3 heteroatoms. The average Bonchev–Trinajstić information content (AvgIpc) is 2.57. The minimum atomic E-state index is 0.00310. The first-order valence-electron chi connectivity index (χ1n) is 5.44. The predicted octanol–water partition coefficient (Wildman–Crippen LogP) is 3.48. The van der Waals surface area contributed by atoms with E-state index in [1.54, 1.807) is 0 Å². The lowest BCUT2D eigenvalue weighted by atomic mass is 9.83. The summed E-state index contributed by atoms with van der Waals surface area (Å²) < 4.78 is 1.10. The van der Waals surface area contributed by atoms with Crippen LogP contribution in [0.15, 0.2) is 22.7 Å². The Bertz CT molecular complexity index is 526. The van der Waals surface area contributed by atoms with Gasteiger partial charge in [-0.05, 0) is 34.5 Å². The molecule has 0 bridgehead atoms. The van der Waals surface area contributed by atoms with Gasteiger partial charge in [-0.25, -0.2) is 0 Å². The van der Waals surface area contributed by atoms with Crippen molar-refractivity contribution in [1.82, 2.24) is 4.98 Å². The van der Waals surface area contributed by atoms with Crippen molar-refractivity contribution < 1.29 is 0 Å². The number of para-hydroxylation sites is 1. The third kappa shape index (κ3) is 1.68. The number of aromatic nitrogens is 1. The van der Waals surface area contributed by atoms with Crippen LogP contribution in [0.5, 0.6) is 0 Å². The number of aryl methyl sites for hydroxylation is 1. The van der Waals surface area contributed by atoms with Gasteiger partial charge in [-0.3, -0.25) is 0 Å². The number of hydrogen-bond donors (Lipinski definition) is 2. The molecule has 2 nitrogen and oxygen atoms in total. The van der Waals surface area contributed by atoms with Gasteiger partial charge in [0, 0.05) is 27.5 Å². The zero-order valence-electron chi connectivity index (χ0n) is 9.89. The molecule has 3 N–H and O–H groups in total. The van der Waals surface area contributed by atoms with E-state index in [0.29, 0.717) is 6.54 Å². The number of fused-ring (bicyclic) bond motifs is 1. The molecule has 0 amide bonds. The minimum Gasteiger partial charge on any atom is -0.357 e. The molecule has 0 aliphatic carbocycles. The van der Waals surface area contributed by atoms with Crippen LogP contribution in [0.1, 0.15) is 25.1 Å². The van der Waals surface area contributed by atoms with E-state index >= 15 is 0 Å². The number of rotatable bonds is 2. The number of hydrogen-bond acceptors (Lipinski definition) is 1. The lowest BCUT2D eigenvalue weighted by Crippen LogP contribution is -2.28. The van der Waals surface area contributed by atoms with E-state index in [-0.39, 0.29) is 5.41 Å². The van der Waals surface area contributed by atoms with Gasteiger partial charge in [0.1, 0.15) is 0 Å². The molecule has 0 saturated carbocycles. The van der Waals surface area contributed by atoms with E-state index in [9.17, 15) is 0 Å². The van der Waals surface area contributed by atoms with E-state index in [0.717, 1.165) is 9.99 Å². The molecule has 0 aliphatic rings. The maximum atomic E-state index is 5.87. The maximum absolute atomic E-state index is 5.87. The Kier molecular flexibility index (Phi) is 2.84. The van der Waals surface area contributed by atoms with Crippen LogP contribution in [0.4, 0.5) is 0 Å². The third-order valence-electron chi connectivity index (χ3n) is 3.16. The summed E-state index contributed by atoms with van der Waals surface area (Å²) in [6.45, 7) is 7.12. The maximum Gasteiger partial charge on any atom is 0.0603 e. The Hall–Kier alpha value is -0.800. The van der Waals surface area contributed by atoms with Gasteiger partial charge in [0.05, 0.1) is 5.52 Å². The zero-order chi connectivity index (χ0) is 11.9. The van der Waals surface area contributed by atoms with E-state index in [1.807, 2.05) is 0 Å². The summed E-state index contributed by atoms with van der Waals surface area (Å²) in [5.74, 6) is 0. The van der Waals surface area contributed by atoms with Crippen LogP contribution in [0.25, 0.3) is 10.9 Å². The third-order valence-corrected chi connectivity index (χ3v) is 3.82. The highest BCUT2D eigenvalue weighted by Crippen LogP contribution is 2.35. The Morgan fingerprint density at radius 1 is 1.38 bits per heavy atom. The van der Waals surface area contributed by atoms with Gasteiger partial charge in [0.25, 0.3) is 0 Å². The highest BCUT2D eigenvalue weighted by molar-refractivity contribution is 9.10. The molecule has 0 fully saturated rings. The van der Waals surface area contributed by atoms with E-state index in [4.69, 9.17) is 5.73 Å². The second-order valence-electron chi connectivity index (χ2n) is 4.88. The summed E-state index contributed by atoms with van der Waals surface area (Å²) in [4.78, 5) is 3.43. The Morgan fingerprint density at radius 3 is 2.69 bits per heavy atom. The van der Waals surface area contributed by atoms with Crippen LogP contribution in [0.3, 0.4) is 0 Å². The van der Waals surface area contributed by atoms with Crippen LogP contribution in [0.2, 0.25) is 0 Å². The molecule has 2 rings (SSSR count). The normalized spacial score (nSPS) is 12.3. The summed E-state index contributed by atoms with van der Waals surface area (Å²) in [6.07, 6.45) is 0. The summed E-state index contributed by atoms with van der Waals surface area (Å²) >= 11 is 3.57. The number of benzene rings is 1. The predicted molar refractivity (Wildman–Crippen MR) is 72.8 cm³/mol. The second kappa shape index (κ2) is 3.90. The fourth-order valence-corrected chi connectivity index (χ4v) is 2.75. The van der Waals surface area contributed by atoms with Crippen molar-refractivity contribution in [1.29, 1.82) is 0 Å². The van der Waals surface area contributed by atoms with E-state index in [2.05, 4.69) is 59.9 Å². The second-order valence-corrected chi connectivity index (χ2v) is 5.73. The SMILES string of the molecule is Cc1[nH]c2c(Br)cccc2c1C(C)(C)CN. The first kappa shape index (κ1) is 11.7. The summed E-state index contributed by atoms with van der Waals surface area (Å²) in [7, 11) is 0. The molecule has 1 aromatic carbocycles. The van der Waals surface area contributed by atoms with Crippen molar-refractivity contribution in [3.05, 3.63) is 33.9 Å². The van der Waals surface area contributed by atoms with Gasteiger partial charge in [-0.15, -0.1) is 0 Å². The fraction of sp³-hybridized carbons (Fsp3) is 0.385. The molecule has 0 aliphatic heterocycles. The molecule has 86 valence electrons. The van der Waals surface area contributed by atoms with Crippen LogP contribution in [0, 0.1) is 6.92 Å². The van der Waals surface area contributed by atoms with Gasteiger partial charge in [0.15, 0.2) is 0 Å². The quantitative estimate of drug-likeness (QED) is 0.869. The van der Waals surface area contributed by atoms with Crippen molar-refractivity contribution in [2.45, 2.75) is 26.2 Å². The molecule has 0 spiro atoms. The highest BCUT2D eigenvalue weighted by atomic mass is 79.9. The van der Waals surface area contributed by atoms with Crippen molar-refractivity contribution in [3.63, 3.8) is 0 Å². The Labute approximate surface area is 104 Å². The van der Waals surface area contributed by atoms with Crippen LogP contribution >= 0.6 is 15.9 Å². The number of aromatic amines is 1. The lowest BCUT2D eigenvalue weighted by Gasteiger charge is -2.23. The first-order valence-corrected chi connectivity index (χ1v) is 6.24. The summed E-state index contributed by atoms with van der Waals surface area (Å²) in [5, 5.41) is 1.27. The molecule has 1 aromatic heterocycles. The molecular formula is C13H17BrN2. The van der Waals surface area contributed by atoms with Crippen LogP contribution < -0.4 is 5.73 Å². The fourth-order valence-electron chi connectivity index (χ4n) is 2.29. The van der Waals surface area contributed by atoms with Crippen molar-refractivity contribution in [2.75, 3.05) is 6.54 Å². The van der Waals surface area contributed by atoms with Gasteiger partial charge in [-0.2, -0.15) is 0 Å². The summed E-state index contributed by atoms with van der Waals surface area (Å²) in [6, 6.07) is 6.27. The van der Waals surface area contributed by atoms with Gasteiger partial charge in [0.2, 0.25) is 0 Å². The van der Waals surface area contributed by atoms with Gasteiger partial charge in [-0.1, -0.05) is 26.0 Å². The zero-order valence-corrected chi connectivity index (χ0v) is 11.5. The first-order chi connectivity index (χ1) is 7.47. The molecule has 2 aromatic rings. The van der Waals surface area contributed by atoms with Crippen LogP contribution in [-0.2, 0) is 5.41 Å². The number of nitrogens with two attached hydrogens (primary N) is 1. The Balaban J connectivity index is 2.80. The lowest BCUT2D eigenvalue weighted by molar-refractivity contribution is 0.540. The van der Waals surface area contributed by atoms with Gasteiger partial charge < -0.3 is 10.7 Å². The van der Waals surface area contributed by atoms with Crippen molar-refractivity contribution in [2.24, 2.45) is 5.73 Å². The van der Waals surface area contributed by atoms with E-state index in [1.165, 1.54) is 16.6 Å². The molecule has 16 heavy (non-hydrogen) atoms. The highest BCUT2D eigenvalue weighted by Gasteiger charge is 2.25. The topological polar surface area (TPSA) is 41.8 Å². The van der Waals surface area contributed by atoms with E-state index < -0.39 is 0 Å². The summed E-state index contributed by atoms with van der Waals surface area (Å²) in [5.41, 5.74) is 9.57. The standard InChI is InChI=1S/C13H17BrN2/c1-8-11(13(2,3)7-15)9-5-4-6-10(14)12(9)16-8/h4-6,16H,7,15H2,1-3H3. The molecule has 1 heterocycles. The van der Waals surface area contributed by atoms with Crippen LogP contribution in [-0.4, -0.2) is 11.5 Å². The molecule has 0 saturated heterocycles. The monoisotopic (exact) mass is 280 g/mol. The van der Waals surface area contributed by atoms with Crippen molar-refractivity contribution >= 4 is 26.8 Å². The molecule has 0 radical (unpaired) electrons. The Morgan fingerprint density at radius 2 is 2.06 bits per heavy atom. The largest absolute Gasteiger partial charge is 0.357 e. The number of H-pyrrole nitrogens is 1. The van der Waals surface area contributed by atoms with Gasteiger partial charge >= 0.3 is 0 Å². The van der Waals surface area contributed by atoms with Crippen molar-refractivity contribution in [3.8, 4) is 0 Å². The molecule has 0 atom stereocenters. The average molecular weight is 281 g/mol.